The fraction of sp³-hybridized carbons (Fsp3) is 0.0357. The van der Waals surface area contributed by atoms with Crippen molar-refractivity contribution in [3.8, 4) is 11.6 Å². The molecule has 1 aliphatic carbocycles. The monoisotopic (exact) mass is 480 g/mol. The number of fused-ring (bicyclic) bond motifs is 1. The number of carboxylic acids is 1. The van der Waals surface area contributed by atoms with Crippen LogP contribution in [0.1, 0.15) is 27.6 Å². The van der Waals surface area contributed by atoms with Gasteiger partial charge in [0.25, 0.3) is 0 Å². The lowest BCUT2D eigenvalue weighted by molar-refractivity contribution is -0.136. The number of aliphatic carboxylic acids is 1. The molecule has 0 saturated carbocycles. The summed E-state index contributed by atoms with van der Waals surface area (Å²) in [6.07, 6.45) is 4.81. The number of carbonyl (C=O) groups excluding carboxylic acids is 1. The molecule has 0 amide bonds. The number of carbonyl (C=O) groups is 2. The second kappa shape index (κ2) is 9.48. The van der Waals surface area contributed by atoms with Crippen LogP contribution in [-0.4, -0.2) is 31.5 Å². The fourth-order valence-corrected chi connectivity index (χ4v) is 5.00. The van der Waals surface area contributed by atoms with E-state index in [4.69, 9.17) is 0 Å². The Hall–Kier alpha value is -4.36. The molecule has 1 unspecified atom stereocenters. The quantitative estimate of drug-likeness (QED) is 0.274. The molecule has 0 saturated heterocycles. The molecule has 4 aromatic rings. The van der Waals surface area contributed by atoms with Gasteiger partial charge in [-0.25, -0.2) is 4.98 Å². The number of aromatic nitrogens is 2. The minimum atomic E-state index is -1.02. The Morgan fingerprint density at radius 3 is 2.29 bits per heavy atom. The van der Waals surface area contributed by atoms with Crippen molar-refractivity contribution >= 4 is 41.2 Å². The Balaban J connectivity index is 1.65. The molecule has 7 heteroatoms. The van der Waals surface area contributed by atoms with E-state index in [2.05, 4.69) is 4.98 Å². The van der Waals surface area contributed by atoms with Crippen molar-refractivity contribution in [1.82, 2.24) is 9.55 Å². The first kappa shape index (κ1) is 22.4. The summed E-state index contributed by atoms with van der Waals surface area (Å²) in [5.41, 5.74) is 3.46. The molecule has 35 heavy (non-hydrogen) atoms. The van der Waals surface area contributed by atoms with Gasteiger partial charge in [0, 0.05) is 5.57 Å². The smallest absolute Gasteiger partial charge is 0.321 e. The molecular weight excluding hydrogens is 460 g/mol. The number of para-hydroxylation sites is 1. The maximum Gasteiger partial charge on any atom is 0.321 e. The largest absolute Gasteiger partial charge is 0.493 e. The van der Waals surface area contributed by atoms with Crippen LogP contribution in [0.3, 0.4) is 0 Å². The van der Waals surface area contributed by atoms with Gasteiger partial charge in [-0.05, 0) is 41.0 Å². The van der Waals surface area contributed by atoms with Gasteiger partial charge in [-0.3, -0.25) is 14.2 Å². The van der Waals surface area contributed by atoms with E-state index in [1.165, 1.54) is 10.6 Å². The highest BCUT2D eigenvalue weighted by Crippen LogP contribution is 2.40. The van der Waals surface area contributed by atoms with Gasteiger partial charge < -0.3 is 10.2 Å². The SMILES string of the molecule is O=C1C=Cc2ccccc2/C1=C/c1nc(SC(C(=O)O)c2ccccc2)n(-c2ccccc2)c1O. The summed E-state index contributed by atoms with van der Waals surface area (Å²) in [5, 5.41) is 20.5. The van der Waals surface area contributed by atoms with Crippen LogP contribution in [0.25, 0.3) is 23.4 Å². The van der Waals surface area contributed by atoms with Gasteiger partial charge in [0.15, 0.2) is 10.9 Å². The molecule has 1 aliphatic rings. The van der Waals surface area contributed by atoms with Crippen molar-refractivity contribution in [2.24, 2.45) is 0 Å². The number of hydrogen-bond acceptors (Lipinski definition) is 5. The number of benzene rings is 3. The second-order valence-corrected chi connectivity index (χ2v) is 8.94. The van der Waals surface area contributed by atoms with Crippen LogP contribution in [0.15, 0.2) is 96.2 Å². The van der Waals surface area contributed by atoms with Crippen LogP contribution in [0.5, 0.6) is 5.88 Å². The van der Waals surface area contributed by atoms with Crippen LogP contribution in [-0.2, 0) is 9.59 Å². The lowest BCUT2D eigenvalue weighted by Gasteiger charge is -2.14. The zero-order valence-corrected chi connectivity index (χ0v) is 19.2. The first-order valence-corrected chi connectivity index (χ1v) is 11.8. The Morgan fingerprint density at radius 2 is 1.57 bits per heavy atom. The van der Waals surface area contributed by atoms with E-state index < -0.39 is 11.2 Å². The molecule has 172 valence electrons. The maximum absolute atomic E-state index is 12.7. The maximum atomic E-state index is 12.7. The van der Waals surface area contributed by atoms with Gasteiger partial charge in [0.1, 0.15) is 10.9 Å². The zero-order valence-electron chi connectivity index (χ0n) is 18.4. The van der Waals surface area contributed by atoms with Crippen molar-refractivity contribution in [3.05, 3.63) is 113 Å². The summed E-state index contributed by atoms with van der Waals surface area (Å²) in [6, 6.07) is 25.4. The molecule has 1 heterocycles. The highest BCUT2D eigenvalue weighted by Gasteiger charge is 2.27. The Labute approximate surface area is 205 Å². The Morgan fingerprint density at radius 1 is 0.914 bits per heavy atom. The Bertz CT molecular complexity index is 1470. The molecule has 1 atom stereocenters. The summed E-state index contributed by atoms with van der Waals surface area (Å²) in [5.74, 6) is -1.40. The summed E-state index contributed by atoms with van der Waals surface area (Å²) in [4.78, 5) is 29.5. The molecule has 2 N–H and O–H groups in total. The molecule has 1 aromatic heterocycles. The van der Waals surface area contributed by atoms with Gasteiger partial charge in [-0.1, -0.05) is 90.6 Å². The lowest BCUT2D eigenvalue weighted by Crippen LogP contribution is -2.09. The van der Waals surface area contributed by atoms with E-state index in [0.29, 0.717) is 22.0 Å². The van der Waals surface area contributed by atoms with Crippen LogP contribution < -0.4 is 0 Å². The number of rotatable bonds is 6. The van der Waals surface area contributed by atoms with Crippen molar-refractivity contribution in [1.29, 1.82) is 0 Å². The number of imidazole rings is 1. The van der Waals surface area contributed by atoms with Gasteiger partial charge in [-0.15, -0.1) is 0 Å². The summed E-state index contributed by atoms with van der Waals surface area (Å²) < 4.78 is 1.50. The standard InChI is InChI=1S/C28H20N2O4S/c31-24-16-15-18-9-7-8-14-21(18)22(24)17-23-26(32)30(20-12-5-2-6-13-20)28(29-23)35-25(27(33)34)19-10-3-1-4-11-19/h1-17,25,32H,(H,33,34)/b22-17-. The first-order chi connectivity index (χ1) is 17.0. The van der Waals surface area contributed by atoms with Crippen LogP contribution in [0.4, 0.5) is 0 Å². The molecular formula is C28H20N2O4S. The van der Waals surface area contributed by atoms with Gasteiger partial charge in [0.2, 0.25) is 5.88 Å². The summed E-state index contributed by atoms with van der Waals surface area (Å²) >= 11 is 1.02. The number of hydrogen-bond donors (Lipinski definition) is 2. The third-order valence-corrected chi connectivity index (χ3v) is 6.82. The molecule has 6 nitrogen and oxygen atoms in total. The predicted octanol–water partition coefficient (Wildman–Crippen LogP) is 5.63. The van der Waals surface area contributed by atoms with E-state index in [9.17, 15) is 19.8 Å². The van der Waals surface area contributed by atoms with E-state index in [0.717, 1.165) is 22.9 Å². The normalized spacial score (nSPS) is 14.6. The number of nitrogens with zero attached hydrogens (tertiary/aromatic N) is 2. The number of thioether (sulfide) groups is 1. The molecule has 0 aliphatic heterocycles. The molecule has 0 bridgehead atoms. The third kappa shape index (κ3) is 4.41. The average Bonchev–Trinajstić information content (AvgIpc) is 3.19. The molecule has 0 radical (unpaired) electrons. The highest BCUT2D eigenvalue weighted by atomic mass is 32.2. The van der Waals surface area contributed by atoms with E-state index in [1.54, 1.807) is 48.6 Å². The van der Waals surface area contributed by atoms with E-state index in [1.807, 2.05) is 48.5 Å². The Kier molecular flexibility index (Phi) is 6.08. The topological polar surface area (TPSA) is 92.4 Å². The first-order valence-electron chi connectivity index (χ1n) is 10.9. The molecule has 0 fully saturated rings. The van der Waals surface area contributed by atoms with E-state index in [-0.39, 0.29) is 17.4 Å². The zero-order chi connectivity index (χ0) is 24.4. The van der Waals surface area contributed by atoms with Gasteiger partial charge >= 0.3 is 5.97 Å². The van der Waals surface area contributed by atoms with Crippen LogP contribution in [0, 0.1) is 0 Å². The highest BCUT2D eigenvalue weighted by molar-refractivity contribution is 8.00. The second-order valence-electron chi connectivity index (χ2n) is 7.86. The van der Waals surface area contributed by atoms with E-state index >= 15 is 0 Å². The van der Waals surface area contributed by atoms with Crippen molar-refractivity contribution in [2.45, 2.75) is 10.4 Å². The number of carboxylic acid groups (broad SMARTS) is 1. The van der Waals surface area contributed by atoms with Gasteiger partial charge in [-0.2, -0.15) is 0 Å². The summed E-state index contributed by atoms with van der Waals surface area (Å²) in [7, 11) is 0. The predicted molar refractivity (Wildman–Crippen MR) is 136 cm³/mol. The molecule has 5 rings (SSSR count). The number of allylic oxidation sites excluding steroid dienone is 2. The number of aromatic hydroxyl groups is 1. The van der Waals surface area contributed by atoms with Crippen molar-refractivity contribution in [2.75, 3.05) is 0 Å². The fourth-order valence-electron chi connectivity index (χ4n) is 3.95. The van der Waals surface area contributed by atoms with Crippen LogP contribution in [0.2, 0.25) is 0 Å². The van der Waals surface area contributed by atoms with Crippen molar-refractivity contribution < 1.29 is 19.8 Å². The molecule has 0 spiro atoms. The molecule has 3 aromatic carbocycles. The minimum Gasteiger partial charge on any atom is -0.493 e. The number of ketones is 1. The van der Waals surface area contributed by atoms with Crippen molar-refractivity contribution in [3.63, 3.8) is 0 Å². The van der Waals surface area contributed by atoms with Crippen LogP contribution >= 0.6 is 11.8 Å². The van der Waals surface area contributed by atoms with Gasteiger partial charge in [0.05, 0.1) is 5.69 Å². The minimum absolute atomic E-state index is 0.178. The summed E-state index contributed by atoms with van der Waals surface area (Å²) in [6.45, 7) is 0. The average molecular weight is 481 g/mol. The third-order valence-electron chi connectivity index (χ3n) is 5.62. The lowest BCUT2D eigenvalue weighted by atomic mass is 9.91.